The third kappa shape index (κ3) is 7.28. The molecule has 0 bridgehead atoms. The van der Waals surface area contributed by atoms with Crippen LogP contribution in [0.5, 0.6) is 0 Å². The summed E-state index contributed by atoms with van der Waals surface area (Å²) < 4.78 is 10.9. The molecule has 2 heterocycles. The van der Waals surface area contributed by atoms with Gasteiger partial charge < -0.3 is 19.6 Å². The van der Waals surface area contributed by atoms with Gasteiger partial charge in [-0.25, -0.2) is 0 Å². The van der Waals surface area contributed by atoms with E-state index in [0.717, 1.165) is 43.0 Å². The van der Waals surface area contributed by atoms with E-state index in [1.165, 1.54) is 11.3 Å². The summed E-state index contributed by atoms with van der Waals surface area (Å²) in [6.07, 6.45) is 5.15. The van der Waals surface area contributed by atoms with E-state index in [-0.39, 0.29) is 35.3 Å². The van der Waals surface area contributed by atoms with E-state index in [2.05, 4.69) is 15.8 Å². The number of benzene rings is 1. The van der Waals surface area contributed by atoms with Gasteiger partial charge in [0.1, 0.15) is 17.3 Å². The highest BCUT2D eigenvalue weighted by molar-refractivity contribution is 8.00. The predicted molar refractivity (Wildman–Crippen MR) is 147 cm³/mol. The van der Waals surface area contributed by atoms with Gasteiger partial charge in [-0.2, -0.15) is 0 Å². The van der Waals surface area contributed by atoms with Crippen molar-refractivity contribution in [1.82, 2.24) is 10.5 Å². The topological polar surface area (TPSA) is 118 Å². The number of nitrogens with one attached hydrogen (secondary N) is 2. The molecule has 38 heavy (non-hydrogen) atoms. The van der Waals surface area contributed by atoms with Crippen LogP contribution in [0, 0.1) is 20.8 Å². The third-order valence-corrected chi connectivity index (χ3v) is 7.34. The molecule has 0 radical (unpaired) electrons. The van der Waals surface area contributed by atoms with Crippen LogP contribution in [0.15, 0.2) is 51.4 Å². The zero-order chi connectivity index (χ0) is 27.1. The Hall–Kier alpha value is -3.53. The molecule has 0 aliphatic heterocycles. The number of carbonyl (C=O) groups excluding carboxylic acids is 3. The Morgan fingerprint density at radius 2 is 1.74 bits per heavy atom. The number of carbonyl (C=O) groups is 3. The highest BCUT2D eigenvalue weighted by Gasteiger charge is 2.36. The zero-order valence-electron chi connectivity index (χ0n) is 22.0. The first-order chi connectivity index (χ1) is 18.3. The number of rotatable bonds is 10. The first kappa shape index (κ1) is 27.5. The van der Waals surface area contributed by atoms with E-state index in [9.17, 15) is 14.4 Å². The molecule has 10 heteroatoms. The summed E-state index contributed by atoms with van der Waals surface area (Å²) in [7, 11) is 0. The molecule has 0 saturated heterocycles. The van der Waals surface area contributed by atoms with Crippen molar-refractivity contribution in [3.8, 4) is 0 Å². The van der Waals surface area contributed by atoms with Crippen LogP contribution in [0.3, 0.4) is 0 Å². The predicted octanol–water partition coefficient (Wildman–Crippen LogP) is 5.09. The van der Waals surface area contributed by atoms with Gasteiger partial charge in [0.15, 0.2) is 11.9 Å². The molecule has 1 fully saturated rings. The number of hydrogen-bond acceptors (Lipinski definition) is 7. The maximum absolute atomic E-state index is 13.7. The van der Waals surface area contributed by atoms with Crippen LogP contribution < -0.4 is 15.5 Å². The summed E-state index contributed by atoms with van der Waals surface area (Å²) in [5.74, 6) is 1.12. The second kappa shape index (κ2) is 12.8. The van der Waals surface area contributed by atoms with E-state index in [0.29, 0.717) is 28.8 Å². The number of anilines is 2. The van der Waals surface area contributed by atoms with Gasteiger partial charge in [0, 0.05) is 17.8 Å². The molecule has 1 aliphatic carbocycles. The zero-order valence-corrected chi connectivity index (χ0v) is 22.8. The van der Waals surface area contributed by atoms with Gasteiger partial charge in [0.25, 0.3) is 5.91 Å². The van der Waals surface area contributed by atoms with Crippen LogP contribution in [0.1, 0.15) is 61.0 Å². The van der Waals surface area contributed by atoms with Gasteiger partial charge in [0.05, 0.1) is 11.5 Å². The molecule has 1 aliphatic rings. The van der Waals surface area contributed by atoms with Gasteiger partial charge in [-0.05, 0) is 57.9 Å². The molecule has 2 aromatic heterocycles. The highest BCUT2D eigenvalue weighted by atomic mass is 32.2. The molecule has 0 spiro atoms. The lowest BCUT2D eigenvalue weighted by Crippen LogP contribution is -2.47. The lowest BCUT2D eigenvalue weighted by Gasteiger charge is -2.32. The van der Waals surface area contributed by atoms with Crippen LogP contribution in [0.25, 0.3) is 0 Å². The lowest BCUT2D eigenvalue weighted by molar-refractivity contribution is -0.127. The summed E-state index contributed by atoms with van der Waals surface area (Å²) in [6.45, 7) is 5.50. The molecule has 202 valence electrons. The van der Waals surface area contributed by atoms with Crippen LogP contribution >= 0.6 is 11.8 Å². The summed E-state index contributed by atoms with van der Waals surface area (Å²) >= 11 is 1.16. The Morgan fingerprint density at radius 3 is 2.37 bits per heavy atom. The number of furan rings is 1. The van der Waals surface area contributed by atoms with E-state index < -0.39 is 6.04 Å². The summed E-state index contributed by atoms with van der Waals surface area (Å²) in [4.78, 5) is 41.3. The summed E-state index contributed by atoms with van der Waals surface area (Å²) in [6, 6.07) is 11.7. The van der Waals surface area contributed by atoms with Crippen molar-refractivity contribution in [2.24, 2.45) is 0 Å². The fraction of sp³-hybridized carbons (Fsp3) is 0.429. The number of thioether (sulfide) groups is 1. The first-order valence-electron chi connectivity index (χ1n) is 12.9. The van der Waals surface area contributed by atoms with Crippen molar-refractivity contribution >= 4 is 41.0 Å². The first-order valence-corrected chi connectivity index (χ1v) is 14.0. The third-order valence-electron chi connectivity index (χ3n) is 6.42. The largest absolute Gasteiger partial charge is 0.464 e. The molecule has 3 aromatic rings. The number of aryl methyl sites for hydroxylation is 3. The van der Waals surface area contributed by atoms with Gasteiger partial charge in [-0.3, -0.25) is 19.3 Å². The smallest absolute Gasteiger partial charge is 0.251 e. The average molecular weight is 539 g/mol. The van der Waals surface area contributed by atoms with Crippen molar-refractivity contribution < 1.29 is 23.3 Å². The molecule has 1 unspecified atom stereocenters. The minimum Gasteiger partial charge on any atom is -0.464 e. The van der Waals surface area contributed by atoms with Crippen molar-refractivity contribution in [3.63, 3.8) is 0 Å². The van der Waals surface area contributed by atoms with Crippen molar-refractivity contribution in [2.45, 2.75) is 65.0 Å². The maximum atomic E-state index is 13.7. The molecular weight excluding hydrogens is 504 g/mol. The van der Waals surface area contributed by atoms with Gasteiger partial charge in [-0.1, -0.05) is 42.1 Å². The lowest BCUT2D eigenvalue weighted by atomic mass is 9.95. The van der Waals surface area contributed by atoms with Crippen LogP contribution in [0.2, 0.25) is 0 Å². The van der Waals surface area contributed by atoms with Gasteiger partial charge in [-0.15, -0.1) is 11.8 Å². The Morgan fingerprint density at radius 1 is 1.00 bits per heavy atom. The monoisotopic (exact) mass is 538 g/mol. The van der Waals surface area contributed by atoms with Crippen molar-refractivity contribution in [1.29, 1.82) is 0 Å². The molecule has 1 aromatic carbocycles. The SMILES string of the molecule is Cc1ccc(N(C(=O)CSCC(=O)Nc2cc(C)on2)C(C(=O)NC2CCCCC2)c2ccc(C)o2)cc1. The van der Waals surface area contributed by atoms with Crippen LogP contribution in [-0.2, 0) is 14.4 Å². The van der Waals surface area contributed by atoms with Crippen LogP contribution in [-0.4, -0.2) is 40.4 Å². The van der Waals surface area contributed by atoms with Crippen molar-refractivity contribution in [3.05, 3.63) is 65.3 Å². The van der Waals surface area contributed by atoms with E-state index >= 15 is 0 Å². The Labute approximate surface area is 226 Å². The average Bonchev–Trinajstić information content (AvgIpc) is 3.50. The summed E-state index contributed by atoms with van der Waals surface area (Å²) in [5, 5.41) is 9.57. The van der Waals surface area contributed by atoms with Gasteiger partial charge >= 0.3 is 0 Å². The molecule has 1 atom stereocenters. The minimum atomic E-state index is -0.978. The molecular formula is C28H34N4O5S. The molecule has 1 saturated carbocycles. The molecule has 9 nitrogen and oxygen atoms in total. The minimum absolute atomic E-state index is 0.00790. The highest BCUT2D eigenvalue weighted by Crippen LogP contribution is 2.31. The van der Waals surface area contributed by atoms with Crippen LogP contribution in [0.4, 0.5) is 11.5 Å². The van der Waals surface area contributed by atoms with E-state index in [4.69, 9.17) is 8.94 Å². The second-order valence-corrected chi connectivity index (χ2v) is 10.6. The fourth-order valence-corrected chi connectivity index (χ4v) is 5.22. The fourth-order valence-electron chi connectivity index (χ4n) is 4.55. The normalized spacial score (nSPS) is 14.6. The molecule has 3 amide bonds. The molecule has 2 N–H and O–H groups in total. The number of nitrogens with zero attached hydrogens (tertiary/aromatic N) is 2. The number of amides is 3. The quantitative estimate of drug-likeness (QED) is 0.369. The number of aromatic nitrogens is 1. The second-order valence-electron chi connectivity index (χ2n) is 9.66. The Kier molecular flexibility index (Phi) is 9.28. The van der Waals surface area contributed by atoms with E-state index in [1.54, 1.807) is 25.1 Å². The van der Waals surface area contributed by atoms with Crippen molar-refractivity contribution in [2.75, 3.05) is 21.7 Å². The Balaban J connectivity index is 1.54. The number of hydrogen-bond donors (Lipinski definition) is 2. The maximum Gasteiger partial charge on any atom is 0.251 e. The molecule has 4 rings (SSSR count). The van der Waals surface area contributed by atoms with Gasteiger partial charge in [0.2, 0.25) is 11.8 Å². The standard InChI is InChI=1S/C28H34N4O5S/c1-18-9-12-22(13-10-18)32(26(34)17-38-16-25(33)30-24-15-20(3)37-31-24)27(23-14-11-19(2)36-23)28(35)29-21-7-5-4-6-8-21/h9-15,21,27H,4-8,16-17H2,1-3H3,(H,29,35)(H,30,31,33). The Bertz CT molecular complexity index is 1250. The van der Waals surface area contributed by atoms with E-state index in [1.807, 2.05) is 38.1 Å². The summed E-state index contributed by atoms with van der Waals surface area (Å²) in [5.41, 5.74) is 1.62.